The summed E-state index contributed by atoms with van der Waals surface area (Å²) in [7, 11) is 0. The summed E-state index contributed by atoms with van der Waals surface area (Å²) in [6.45, 7) is 16.1. The van der Waals surface area contributed by atoms with Crippen molar-refractivity contribution in [2.75, 3.05) is 26.2 Å². The Morgan fingerprint density at radius 2 is 0.895 bits per heavy atom. The third kappa shape index (κ3) is 13.3. The van der Waals surface area contributed by atoms with Crippen molar-refractivity contribution in [1.29, 1.82) is 0 Å². The molecule has 0 aromatic rings. The number of rotatable bonds is 6. The summed E-state index contributed by atoms with van der Waals surface area (Å²) in [5.41, 5.74) is -0.996. The number of carboxylic acids is 2. The third-order valence-electron chi connectivity index (χ3n) is 5.68. The lowest BCUT2D eigenvalue weighted by Crippen LogP contribution is -2.44. The summed E-state index contributed by atoms with van der Waals surface area (Å²) in [5, 5.41) is 17.5. The Morgan fingerprint density at radius 1 is 0.632 bits per heavy atom. The minimum Gasteiger partial charge on any atom is -0.479 e. The zero-order chi connectivity index (χ0) is 29.3. The van der Waals surface area contributed by atoms with Crippen molar-refractivity contribution >= 4 is 24.1 Å². The van der Waals surface area contributed by atoms with Crippen molar-refractivity contribution in [2.24, 2.45) is 0 Å². The van der Waals surface area contributed by atoms with Gasteiger partial charge in [0.2, 0.25) is 0 Å². The standard InChI is InChI=1S/2C13H23NO5/c2*1-9(11(15)16)18-10-5-7-14(8-6-10)12(17)19-13(2,3)4/h2*9-10H,5-8H2,1-4H3,(H,15,16). The smallest absolute Gasteiger partial charge is 0.410 e. The van der Waals surface area contributed by atoms with E-state index in [1.54, 1.807) is 9.80 Å². The van der Waals surface area contributed by atoms with Crippen LogP contribution in [0, 0.1) is 0 Å². The van der Waals surface area contributed by atoms with E-state index in [1.165, 1.54) is 13.8 Å². The van der Waals surface area contributed by atoms with Crippen LogP contribution in [-0.4, -0.2) is 106 Å². The maximum Gasteiger partial charge on any atom is 0.410 e. The minimum atomic E-state index is -0.963. The van der Waals surface area contributed by atoms with E-state index >= 15 is 0 Å². The van der Waals surface area contributed by atoms with E-state index in [-0.39, 0.29) is 24.4 Å². The van der Waals surface area contributed by atoms with Gasteiger partial charge in [0.25, 0.3) is 0 Å². The maximum absolute atomic E-state index is 11.8. The van der Waals surface area contributed by atoms with Crippen molar-refractivity contribution < 1.29 is 48.3 Å². The molecule has 2 atom stereocenters. The number of likely N-dealkylation sites (tertiary alicyclic amines) is 2. The number of carboxylic acid groups (broad SMARTS) is 2. The van der Waals surface area contributed by atoms with E-state index in [2.05, 4.69) is 0 Å². The number of piperidine rings is 2. The summed E-state index contributed by atoms with van der Waals surface area (Å²) in [4.78, 5) is 48.3. The Labute approximate surface area is 225 Å². The minimum absolute atomic E-state index is 0.107. The summed E-state index contributed by atoms with van der Waals surface area (Å²) in [6.07, 6.45) is 0.0711. The normalized spacial score (nSPS) is 19.1. The van der Waals surface area contributed by atoms with Crippen molar-refractivity contribution in [3.63, 3.8) is 0 Å². The number of ether oxygens (including phenoxy) is 4. The van der Waals surface area contributed by atoms with E-state index in [0.29, 0.717) is 51.9 Å². The van der Waals surface area contributed by atoms with Crippen molar-refractivity contribution in [3.05, 3.63) is 0 Å². The van der Waals surface area contributed by atoms with E-state index in [1.807, 2.05) is 41.5 Å². The predicted octanol–water partition coefficient (Wildman–Crippen LogP) is 3.75. The molecule has 2 amide bonds. The second-order valence-corrected chi connectivity index (χ2v) is 11.6. The molecular formula is C26H46N2O10. The lowest BCUT2D eigenvalue weighted by atomic mass is 10.1. The number of carbonyl (C=O) groups is 4. The first-order chi connectivity index (χ1) is 17.4. The predicted molar refractivity (Wildman–Crippen MR) is 138 cm³/mol. The van der Waals surface area contributed by atoms with E-state index in [4.69, 9.17) is 29.2 Å². The van der Waals surface area contributed by atoms with Crippen LogP contribution in [0.1, 0.15) is 81.1 Å². The summed E-state index contributed by atoms with van der Waals surface area (Å²) < 4.78 is 21.4. The van der Waals surface area contributed by atoms with Crippen molar-refractivity contribution in [2.45, 2.75) is 117 Å². The molecule has 2 saturated heterocycles. The molecule has 0 aliphatic carbocycles. The first-order valence-electron chi connectivity index (χ1n) is 13.1. The molecule has 0 aromatic carbocycles. The molecular weight excluding hydrogens is 500 g/mol. The quantitative estimate of drug-likeness (QED) is 0.504. The van der Waals surface area contributed by atoms with Crippen molar-refractivity contribution in [1.82, 2.24) is 9.80 Å². The Bertz CT molecular complexity index is 723. The monoisotopic (exact) mass is 546 g/mol. The second kappa shape index (κ2) is 14.5. The van der Waals surface area contributed by atoms with Crippen LogP contribution in [0.2, 0.25) is 0 Å². The van der Waals surface area contributed by atoms with Crippen molar-refractivity contribution in [3.8, 4) is 0 Å². The van der Waals surface area contributed by atoms with Gasteiger partial charge in [0.1, 0.15) is 11.2 Å². The largest absolute Gasteiger partial charge is 0.479 e. The zero-order valence-electron chi connectivity index (χ0n) is 24.0. The second-order valence-electron chi connectivity index (χ2n) is 11.6. The molecule has 2 heterocycles. The molecule has 2 rings (SSSR count). The van der Waals surface area contributed by atoms with Crippen LogP contribution in [0.25, 0.3) is 0 Å². The fourth-order valence-electron chi connectivity index (χ4n) is 3.70. The van der Waals surface area contributed by atoms with Crippen LogP contribution >= 0.6 is 0 Å². The molecule has 0 bridgehead atoms. The molecule has 0 aromatic heterocycles. The van der Waals surface area contributed by atoms with Gasteiger partial charge in [-0.25, -0.2) is 19.2 Å². The molecule has 2 aliphatic rings. The number of amides is 2. The highest BCUT2D eigenvalue weighted by atomic mass is 16.6. The van der Waals surface area contributed by atoms with Gasteiger partial charge in [-0.1, -0.05) is 0 Å². The van der Waals surface area contributed by atoms with E-state index in [9.17, 15) is 19.2 Å². The van der Waals surface area contributed by atoms with Crippen LogP contribution in [-0.2, 0) is 28.5 Å². The molecule has 220 valence electrons. The van der Waals surface area contributed by atoms with Crippen LogP contribution in [0.4, 0.5) is 9.59 Å². The highest BCUT2D eigenvalue weighted by Crippen LogP contribution is 2.19. The van der Waals surface area contributed by atoms with Gasteiger partial charge >= 0.3 is 24.1 Å². The molecule has 12 nitrogen and oxygen atoms in total. The summed E-state index contributed by atoms with van der Waals surface area (Å²) >= 11 is 0. The Kier molecular flexibility index (Phi) is 12.8. The number of hydrogen-bond acceptors (Lipinski definition) is 8. The lowest BCUT2D eigenvalue weighted by molar-refractivity contribution is -0.155. The first-order valence-corrected chi connectivity index (χ1v) is 13.1. The molecule has 12 heteroatoms. The van der Waals surface area contributed by atoms with Gasteiger partial charge in [0.15, 0.2) is 12.2 Å². The molecule has 0 spiro atoms. The summed E-state index contributed by atoms with van der Waals surface area (Å²) in [6, 6.07) is 0. The lowest BCUT2D eigenvalue weighted by Gasteiger charge is -2.33. The van der Waals surface area contributed by atoms with Gasteiger partial charge in [0, 0.05) is 26.2 Å². The van der Waals surface area contributed by atoms with Crippen LogP contribution in [0.5, 0.6) is 0 Å². The zero-order valence-corrected chi connectivity index (χ0v) is 24.0. The maximum atomic E-state index is 11.8. The van der Waals surface area contributed by atoms with Gasteiger partial charge in [-0.3, -0.25) is 0 Å². The Hall–Kier alpha value is -2.60. The highest BCUT2D eigenvalue weighted by molar-refractivity contribution is 5.72. The van der Waals surface area contributed by atoms with Gasteiger partial charge < -0.3 is 39.0 Å². The Morgan fingerprint density at radius 3 is 1.11 bits per heavy atom. The third-order valence-corrected chi connectivity index (χ3v) is 5.68. The number of nitrogens with zero attached hydrogens (tertiary/aromatic N) is 2. The molecule has 2 N–H and O–H groups in total. The fourth-order valence-corrected chi connectivity index (χ4v) is 3.70. The SMILES string of the molecule is CC(OC1CCN(C(=O)OC(C)(C)C)CC1)C(=O)O.CC(OC1CCN(C(=O)OC(C)(C)C)CC1)C(=O)O. The number of hydrogen-bond donors (Lipinski definition) is 2. The fraction of sp³-hybridized carbons (Fsp3) is 0.846. The Balaban J connectivity index is 0.000000380. The van der Waals surface area contributed by atoms with Gasteiger partial charge in [-0.05, 0) is 81.1 Å². The number of carbonyl (C=O) groups excluding carboxylic acids is 2. The molecule has 0 saturated carbocycles. The topological polar surface area (TPSA) is 152 Å². The van der Waals surface area contributed by atoms with E-state index in [0.717, 1.165) is 0 Å². The van der Waals surface area contributed by atoms with Gasteiger partial charge in [-0.2, -0.15) is 0 Å². The average Bonchev–Trinajstić information content (AvgIpc) is 2.78. The number of aliphatic carboxylic acids is 2. The van der Waals surface area contributed by atoms with Crippen LogP contribution in [0.15, 0.2) is 0 Å². The molecule has 2 unspecified atom stereocenters. The van der Waals surface area contributed by atoms with Crippen LogP contribution in [0.3, 0.4) is 0 Å². The highest BCUT2D eigenvalue weighted by Gasteiger charge is 2.30. The molecule has 2 aliphatic heterocycles. The molecule has 2 fully saturated rings. The van der Waals surface area contributed by atoms with Gasteiger partial charge in [0.05, 0.1) is 12.2 Å². The average molecular weight is 547 g/mol. The van der Waals surface area contributed by atoms with Crippen LogP contribution < -0.4 is 0 Å². The van der Waals surface area contributed by atoms with E-state index < -0.39 is 35.3 Å². The molecule has 38 heavy (non-hydrogen) atoms. The molecule has 0 radical (unpaired) electrons. The first kappa shape index (κ1) is 33.4. The van der Waals surface area contributed by atoms with Gasteiger partial charge in [-0.15, -0.1) is 0 Å². The summed E-state index contributed by atoms with van der Waals surface area (Å²) in [5.74, 6) is -1.93.